The molecule has 0 bridgehead atoms. The zero-order valence-electron chi connectivity index (χ0n) is 11.8. The highest BCUT2D eigenvalue weighted by Gasteiger charge is 2.32. The Morgan fingerprint density at radius 1 is 1.00 bits per heavy atom. The summed E-state index contributed by atoms with van der Waals surface area (Å²) in [6, 6.07) is 14.8. The van der Waals surface area contributed by atoms with Gasteiger partial charge in [0.15, 0.2) is 0 Å². The van der Waals surface area contributed by atoms with Crippen LogP contribution in [0.5, 0.6) is 5.75 Å². The highest BCUT2D eigenvalue weighted by Crippen LogP contribution is 2.47. The van der Waals surface area contributed by atoms with Gasteiger partial charge in [-0.25, -0.2) is 0 Å². The van der Waals surface area contributed by atoms with Crippen LogP contribution in [0.2, 0.25) is 0 Å². The van der Waals surface area contributed by atoms with Crippen LogP contribution in [0.1, 0.15) is 54.0 Å². The van der Waals surface area contributed by atoms with Crippen LogP contribution in [-0.4, -0.2) is 0 Å². The average Bonchev–Trinajstić information content (AvgIpc) is 3.31. The van der Waals surface area contributed by atoms with Gasteiger partial charge in [0.05, 0.1) is 0 Å². The summed E-state index contributed by atoms with van der Waals surface area (Å²) in [4.78, 5) is 0. The molecule has 2 aliphatic rings. The fraction of sp³-hybridized carbons (Fsp3) is 0.333. The maximum absolute atomic E-state index is 6.37. The van der Waals surface area contributed by atoms with Crippen LogP contribution in [0.15, 0.2) is 46.9 Å². The Morgan fingerprint density at radius 2 is 1.76 bits per heavy atom. The summed E-state index contributed by atoms with van der Waals surface area (Å²) in [6.07, 6.45) is 3.52. The summed E-state index contributed by atoms with van der Waals surface area (Å²) in [5.74, 6) is 1.64. The van der Waals surface area contributed by atoms with Crippen molar-refractivity contribution >= 4 is 15.9 Å². The van der Waals surface area contributed by atoms with E-state index in [2.05, 4.69) is 46.3 Å². The van der Waals surface area contributed by atoms with E-state index in [-0.39, 0.29) is 12.1 Å². The Labute approximate surface area is 133 Å². The SMILES string of the molecule is NC1CC(c2ccccc2C2CC2)Oc2cc(Br)ccc21. The predicted octanol–water partition coefficient (Wildman–Crippen LogP) is 4.85. The lowest BCUT2D eigenvalue weighted by atomic mass is 9.90. The minimum absolute atomic E-state index is 0.0408. The zero-order chi connectivity index (χ0) is 14.4. The third-order valence-corrected chi connectivity index (χ3v) is 4.97. The minimum Gasteiger partial charge on any atom is -0.485 e. The molecule has 0 spiro atoms. The molecule has 1 heterocycles. The topological polar surface area (TPSA) is 35.2 Å². The van der Waals surface area contributed by atoms with Gasteiger partial charge in [-0.05, 0) is 42.0 Å². The second-order valence-corrected chi connectivity index (χ2v) is 6.95. The van der Waals surface area contributed by atoms with Gasteiger partial charge in [-0.2, -0.15) is 0 Å². The van der Waals surface area contributed by atoms with Crippen LogP contribution in [0.4, 0.5) is 0 Å². The van der Waals surface area contributed by atoms with Gasteiger partial charge in [-0.15, -0.1) is 0 Å². The van der Waals surface area contributed by atoms with Gasteiger partial charge in [0.1, 0.15) is 11.9 Å². The van der Waals surface area contributed by atoms with E-state index >= 15 is 0 Å². The van der Waals surface area contributed by atoms with Gasteiger partial charge >= 0.3 is 0 Å². The number of fused-ring (bicyclic) bond motifs is 1. The highest BCUT2D eigenvalue weighted by atomic mass is 79.9. The van der Waals surface area contributed by atoms with E-state index in [1.807, 2.05) is 12.1 Å². The second-order valence-electron chi connectivity index (χ2n) is 6.03. The van der Waals surface area contributed by atoms with E-state index in [0.29, 0.717) is 0 Å². The maximum atomic E-state index is 6.37. The van der Waals surface area contributed by atoms with Gasteiger partial charge in [-0.1, -0.05) is 46.3 Å². The largest absolute Gasteiger partial charge is 0.485 e. The highest BCUT2D eigenvalue weighted by molar-refractivity contribution is 9.10. The molecule has 1 saturated carbocycles. The number of nitrogens with two attached hydrogens (primary N) is 1. The minimum atomic E-state index is 0.0408. The first kappa shape index (κ1) is 13.4. The number of benzene rings is 2. The van der Waals surface area contributed by atoms with E-state index < -0.39 is 0 Å². The molecule has 1 fully saturated rings. The number of halogens is 1. The standard InChI is InChI=1S/C18H18BrNO/c19-12-7-8-15-16(20)10-18(21-17(15)9-12)14-4-2-1-3-13(14)11-5-6-11/h1-4,7-9,11,16,18H,5-6,10,20H2. The molecule has 2 nitrogen and oxygen atoms in total. The molecule has 2 aromatic carbocycles. The van der Waals surface area contributed by atoms with Crippen molar-refractivity contribution in [3.05, 3.63) is 63.6 Å². The lowest BCUT2D eigenvalue weighted by Crippen LogP contribution is -2.24. The Morgan fingerprint density at radius 3 is 2.52 bits per heavy atom. The smallest absolute Gasteiger partial charge is 0.126 e. The van der Waals surface area contributed by atoms with Crippen molar-refractivity contribution < 1.29 is 4.74 Å². The number of hydrogen-bond donors (Lipinski definition) is 1. The molecule has 1 aliphatic carbocycles. The molecule has 2 atom stereocenters. The van der Waals surface area contributed by atoms with Gasteiger partial charge in [0.25, 0.3) is 0 Å². The molecule has 3 heteroatoms. The molecule has 2 N–H and O–H groups in total. The number of rotatable bonds is 2. The molecular formula is C18H18BrNO. The van der Waals surface area contributed by atoms with Gasteiger partial charge in [0, 0.05) is 22.5 Å². The number of ether oxygens (including phenoxy) is 1. The van der Waals surface area contributed by atoms with Gasteiger partial charge in [0.2, 0.25) is 0 Å². The second kappa shape index (κ2) is 5.15. The Hall–Kier alpha value is -1.32. The summed E-state index contributed by atoms with van der Waals surface area (Å²) in [5.41, 5.74) is 10.3. The molecule has 21 heavy (non-hydrogen) atoms. The first-order valence-electron chi connectivity index (χ1n) is 7.53. The molecule has 1 aliphatic heterocycles. The lowest BCUT2D eigenvalue weighted by Gasteiger charge is -2.31. The van der Waals surface area contributed by atoms with Crippen molar-refractivity contribution in [1.29, 1.82) is 0 Å². The maximum Gasteiger partial charge on any atom is 0.126 e. The van der Waals surface area contributed by atoms with Crippen LogP contribution in [0, 0.1) is 0 Å². The Bertz CT molecular complexity index is 681. The first-order valence-corrected chi connectivity index (χ1v) is 8.32. The van der Waals surface area contributed by atoms with E-state index in [0.717, 1.165) is 28.1 Å². The first-order chi connectivity index (χ1) is 10.2. The summed E-state index contributed by atoms with van der Waals surface area (Å²) < 4.78 is 7.31. The summed E-state index contributed by atoms with van der Waals surface area (Å²) in [6.45, 7) is 0. The van der Waals surface area contributed by atoms with E-state index in [4.69, 9.17) is 10.5 Å². The quantitative estimate of drug-likeness (QED) is 0.845. The van der Waals surface area contributed by atoms with Crippen molar-refractivity contribution in [2.45, 2.75) is 37.3 Å². The molecule has 4 rings (SSSR count). The van der Waals surface area contributed by atoms with Crippen molar-refractivity contribution in [3.8, 4) is 5.75 Å². The van der Waals surface area contributed by atoms with Gasteiger partial charge in [-0.3, -0.25) is 0 Å². The van der Waals surface area contributed by atoms with E-state index in [9.17, 15) is 0 Å². The van der Waals surface area contributed by atoms with Crippen molar-refractivity contribution in [1.82, 2.24) is 0 Å². The number of hydrogen-bond acceptors (Lipinski definition) is 2. The Kier molecular flexibility index (Phi) is 3.27. The third kappa shape index (κ3) is 2.49. The van der Waals surface area contributed by atoms with Crippen molar-refractivity contribution in [2.75, 3.05) is 0 Å². The van der Waals surface area contributed by atoms with E-state index in [1.165, 1.54) is 24.0 Å². The Balaban J connectivity index is 1.72. The van der Waals surface area contributed by atoms with Crippen LogP contribution < -0.4 is 10.5 Å². The zero-order valence-corrected chi connectivity index (χ0v) is 13.3. The average molecular weight is 344 g/mol. The molecule has 0 aromatic heterocycles. The van der Waals surface area contributed by atoms with E-state index in [1.54, 1.807) is 0 Å². The molecule has 2 unspecified atom stereocenters. The van der Waals surface area contributed by atoms with Crippen molar-refractivity contribution in [2.24, 2.45) is 5.73 Å². The molecule has 0 saturated heterocycles. The molecule has 108 valence electrons. The normalized spacial score (nSPS) is 24.3. The van der Waals surface area contributed by atoms with Crippen LogP contribution >= 0.6 is 15.9 Å². The predicted molar refractivity (Wildman–Crippen MR) is 87.5 cm³/mol. The fourth-order valence-electron chi connectivity index (χ4n) is 3.24. The van der Waals surface area contributed by atoms with Crippen molar-refractivity contribution in [3.63, 3.8) is 0 Å². The molecule has 0 amide bonds. The molecular weight excluding hydrogens is 326 g/mol. The van der Waals surface area contributed by atoms with Crippen LogP contribution in [0.25, 0.3) is 0 Å². The third-order valence-electron chi connectivity index (χ3n) is 4.47. The molecule has 0 radical (unpaired) electrons. The summed E-state index contributed by atoms with van der Waals surface area (Å²) in [7, 11) is 0. The summed E-state index contributed by atoms with van der Waals surface area (Å²) in [5, 5.41) is 0. The van der Waals surface area contributed by atoms with Crippen LogP contribution in [0.3, 0.4) is 0 Å². The van der Waals surface area contributed by atoms with Gasteiger partial charge < -0.3 is 10.5 Å². The molecule has 2 aromatic rings. The monoisotopic (exact) mass is 343 g/mol. The lowest BCUT2D eigenvalue weighted by molar-refractivity contribution is 0.160. The van der Waals surface area contributed by atoms with Crippen LogP contribution in [-0.2, 0) is 0 Å². The fourth-order valence-corrected chi connectivity index (χ4v) is 3.58. The summed E-state index contributed by atoms with van der Waals surface area (Å²) >= 11 is 3.51.